The third-order valence-electron chi connectivity index (χ3n) is 3.28. The molecular formula is C13H14ClFN2O2. The quantitative estimate of drug-likeness (QED) is 0.919. The fraction of sp³-hybridized carbons (Fsp3) is 0.385. The average molecular weight is 285 g/mol. The maximum absolute atomic E-state index is 13.6. The van der Waals surface area contributed by atoms with Crippen LogP contribution in [-0.4, -0.2) is 29.8 Å². The largest absolute Gasteiger partial charge is 0.350 e. The molecule has 1 saturated heterocycles. The van der Waals surface area contributed by atoms with Gasteiger partial charge in [-0.05, 0) is 12.5 Å². The molecule has 0 saturated carbocycles. The minimum absolute atomic E-state index is 0.0277. The van der Waals surface area contributed by atoms with Crippen LogP contribution in [0, 0.1) is 5.82 Å². The van der Waals surface area contributed by atoms with E-state index in [0.717, 1.165) is 0 Å². The summed E-state index contributed by atoms with van der Waals surface area (Å²) in [7, 11) is 1.60. The molecule has 0 aromatic heterocycles. The van der Waals surface area contributed by atoms with Crippen LogP contribution in [0.4, 0.5) is 4.39 Å². The molecule has 2 rings (SSSR count). The molecule has 19 heavy (non-hydrogen) atoms. The zero-order valence-corrected chi connectivity index (χ0v) is 11.2. The average Bonchev–Trinajstić information content (AvgIpc) is 2.72. The number of halogens is 2. The third kappa shape index (κ3) is 2.87. The number of nitrogens with zero attached hydrogens (tertiary/aromatic N) is 1. The Balaban J connectivity index is 1.97. The normalized spacial score (nSPS) is 18.8. The molecule has 102 valence electrons. The molecule has 1 N–H and O–H groups in total. The molecule has 2 amide bonds. The standard InChI is InChI=1S/C13H14ClFN2O2/c1-17-10(5-6-11(17)18)13(19)16-7-8-3-2-4-9(14)12(8)15/h2-4,10H,5-7H2,1H3,(H,16,19)/t10-/m1/s1. The predicted molar refractivity (Wildman–Crippen MR) is 69.0 cm³/mol. The fourth-order valence-corrected chi connectivity index (χ4v) is 2.29. The van der Waals surface area contributed by atoms with Crippen molar-refractivity contribution in [2.24, 2.45) is 0 Å². The predicted octanol–water partition coefficient (Wildman–Crippen LogP) is 1.72. The van der Waals surface area contributed by atoms with E-state index >= 15 is 0 Å². The maximum Gasteiger partial charge on any atom is 0.243 e. The van der Waals surface area contributed by atoms with Crippen molar-refractivity contribution in [1.82, 2.24) is 10.2 Å². The first-order valence-corrected chi connectivity index (χ1v) is 6.34. The molecular weight excluding hydrogens is 271 g/mol. The van der Waals surface area contributed by atoms with Gasteiger partial charge in [0, 0.05) is 25.6 Å². The molecule has 0 bridgehead atoms. The van der Waals surface area contributed by atoms with Crippen molar-refractivity contribution >= 4 is 23.4 Å². The van der Waals surface area contributed by atoms with E-state index < -0.39 is 11.9 Å². The zero-order valence-electron chi connectivity index (χ0n) is 10.5. The van der Waals surface area contributed by atoms with Crippen LogP contribution in [0.15, 0.2) is 18.2 Å². The van der Waals surface area contributed by atoms with E-state index in [4.69, 9.17) is 11.6 Å². The van der Waals surface area contributed by atoms with Gasteiger partial charge in [0.05, 0.1) is 5.02 Å². The van der Waals surface area contributed by atoms with E-state index in [0.29, 0.717) is 18.4 Å². The van der Waals surface area contributed by atoms with E-state index in [9.17, 15) is 14.0 Å². The van der Waals surface area contributed by atoms with Gasteiger partial charge in [-0.2, -0.15) is 0 Å². The number of rotatable bonds is 3. The summed E-state index contributed by atoms with van der Waals surface area (Å²) in [6, 6.07) is 4.17. The molecule has 0 unspecified atom stereocenters. The van der Waals surface area contributed by atoms with Crippen LogP contribution in [0.1, 0.15) is 18.4 Å². The smallest absolute Gasteiger partial charge is 0.243 e. The van der Waals surface area contributed by atoms with Crippen LogP contribution in [0.25, 0.3) is 0 Å². The van der Waals surface area contributed by atoms with Crippen LogP contribution in [0.3, 0.4) is 0 Å². The van der Waals surface area contributed by atoms with Gasteiger partial charge in [0.25, 0.3) is 0 Å². The Kier molecular flexibility index (Phi) is 4.04. The molecule has 6 heteroatoms. The van der Waals surface area contributed by atoms with Crippen molar-refractivity contribution in [3.8, 4) is 0 Å². The topological polar surface area (TPSA) is 49.4 Å². The summed E-state index contributed by atoms with van der Waals surface area (Å²) in [5.74, 6) is -0.845. The highest BCUT2D eigenvalue weighted by molar-refractivity contribution is 6.30. The maximum atomic E-state index is 13.6. The summed E-state index contributed by atoms with van der Waals surface area (Å²) in [6.45, 7) is 0.0593. The second-order valence-electron chi connectivity index (χ2n) is 4.49. The van der Waals surface area contributed by atoms with E-state index in [1.165, 1.54) is 11.0 Å². The van der Waals surface area contributed by atoms with Crippen molar-refractivity contribution in [2.75, 3.05) is 7.05 Å². The Morgan fingerprint density at radius 2 is 2.32 bits per heavy atom. The minimum atomic E-state index is -0.527. The van der Waals surface area contributed by atoms with Gasteiger partial charge in [-0.3, -0.25) is 9.59 Å². The van der Waals surface area contributed by atoms with Crippen LogP contribution in [0.2, 0.25) is 5.02 Å². The molecule has 0 spiro atoms. The molecule has 4 nitrogen and oxygen atoms in total. The molecule has 1 aliphatic heterocycles. The van der Waals surface area contributed by atoms with Gasteiger partial charge >= 0.3 is 0 Å². The van der Waals surface area contributed by atoms with E-state index in [1.807, 2.05) is 0 Å². The molecule has 0 radical (unpaired) electrons. The highest BCUT2D eigenvalue weighted by atomic mass is 35.5. The second kappa shape index (κ2) is 5.57. The number of carbonyl (C=O) groups is 2. The van der Waals surface area contributed by atoms with Gasteiger partial charge in [-0.1, -0.05) is 23.7 Å². The summed E-state index contributed by atoms with van der Waals surface area (Å²) in [6.07, 6.45) is 0.874. The van der Waals surface area contributed by atoms with Crippen molar-refractivity contribution in [1.29, 1.82) is 0 Å². The fourth-order valence-electron chi connectivity index (χ4n) is 2.10. The first-order valence-electron chi connectivity index (χ1n) is 5.97. The monoisotopic (exact) mass is 284 g/mol. The zero-order chi connectivity index (χ0) is 14.0. The lowest BCUT2D eigenvalue weighted by Crippen LogP contribution is -2.42. The summed E-state index contributed by atoms with van der Waals surface area (Å²) >= 11 is 5.66. The molecule has 1 heterocycles. The Morgan fingerprint density at radius 3 is 2.95 bits per heavy atom. The number of hydrogen-bond acceptors (Lipinski definition) is 2. The van der Waals surface area contributed by atoms with Gasteiger partial charge in [0.1, 0.15) is 11.9 Å². The number of likely N-dealkylation sites (N-methyl/N-ethyl adjacent to an activating group) is 1. The Labute approximate surface area is 115 Å². The number of likely N-dealkylation sites (tertiary alicyclic amines) is 1. The van der Waals surface area contributed by atoms with E-state index in [1.54, 1.807) is 19.2 Å². The SMILES string of the molecule is CN1C(=O)CC[C@@H]1C(=O)NCc1cccc(Cl)c1F. The van der Waals surface area contributed by atoms with Gasteiger partial charge in [0.2, 0.25) is 11.8 Å². The minimum Gasteiger partial charge on any atom is -0.350 e. The highest BCUT2D eigenvalue weighted by Crippen LogP contribution is 2.19. The Hall–Kier alpha value is -1.62. The number of nitrogens with one attached hydrogen (secondary N) is 1. The van der Waals surface area contributed by atoms with Crippen LogP contribution in [-0.2, 0) is 16.1 Å². The number of carbonyl (C=O) groups excluding carboxylic acids is 2. The van der Waals surface area contributed by atoms with Crippen molar-refractivity contribution in [3.63, 3.8) is 0 Å². The molecule has 0 aliphatic carbocycles. The third-order valence-corrected chi connectivity index (χ3v) is 3.57. The van der Waals surface area contributed by atoms with E-state index in [-0.39, 0.29) is 23.4 Å². The summed E-state index contributed by atoms with van der Waals surface area (Å²) < 4.78 is 13.6. The first-order chi connectivity index (χ1) is 9.00. The molecule has 1 aromatic carbocycles. The van der Waals surface area contributed by atoms with Crippen molar-refractivity contribution in [2.45, 2.75) is 25.4 Å². The van der Waals surface area contributed by atoms with Crippen molar-refractivity contribution < 1.29 is 14.0 Å². The summed E-state index contributed by atoms with van der Waals surface area (Å²) in [4.78, 5) is 24.7. The lowest BCUT2D eigenvalue weighted by atomic mass is 10.2. The lowest BCUT2D eigenvalue weighted by molar-refractivity contribution is -0.133. The van der Waals surface area contributed by atoms with Gasteiger partial charge < -0.3 is 10.2 Å². The summed E-state index contributed by atoms with van der Waals surface area (Å²) in [5, 5.41) is 2.66. The molecule has 1 fully saturated rings. The van der Waals surface area contributed by atoms with Gasteiger partial charge in [-0.25, -0.2) is 4.39 Å². The first kappa shape index (κ1) is 13.8. The highest BCUT2D eigenvalue weighted by Gasteiger charge is 2.32. The second-order valence-corrected chi connectivity index (χ2v) is 4.90. The molecule has 1 atom stereocenters. The van der Waals surface area contributed by atoms with Crippen LogP contribution in [0.5, 0.6) is 0 Å². The van der Waals surface area contributed by atoms with Crippen LogP contribution >= 0.6 is 11.6 Å². The lowest BCUT2D eigenvalue weighted by Gasteiger charge is -2.19. The van der Waals surface area contributed by atoms with Crippen LogP contribution < -0.4 is 5.32 Å². The number of benzene rings is 1. The number of hydrogen-bond donors (Lipinski definition) is 1. The summed E-state index contributed by atoms with van der Waals surface area (Å²) in [5.41, 5.74) is 0.327. The molecule has 1 aliphatic rings. The molecule has 1 aromatic rings. The Morgan fingerprint density at radius 1 is 1.58 bits per heavy atom. The van der Waals surface area contributed by atoms with Gasteiger partial charge in [-0.15, -0.1) is 0 Å². The van der Waals surface area contributed by atoms with Crippen molar-refractivity contribution in [3.05, 3.63) is 34.6 Å². The number of amides is 2. The van der Waals surface area contributed by atoms with Gasteiger partial charge in [0.15, 0.2) is 0 Å². The van der Waals surface area contributed by atoms with E-state index in [2.05, 4.69) is 5.32 Å². The Bertz CT molecular complexity index is 521.